The molecule has 0 saturated heterocycles. The highest BCUT2D eigenvalue weighted by Crippen LogP contribution is 2.71. The predicted octanol–water partition coefficient (Wildman–Crippen LogP) is 4.10. The van der Waals surface area contributed by atoms with Gasteiger partial charge in [0.2, 0.25) is 0 Å². The lowest BCUT2D eigenvalue weighted by Gasteiger charge is -2.62. The standard InChI is InChI=1S/C25H32ClFO5/c1-5-21(31)32-25(20(30)13-26)14(2)10-18-17-7-6-15-11-16(28)8-9-22(15,3)24(17,27)19(29)12-23(18,25)4/h8-9,11,14,17-19,29H,5-7,10,12-13H2,1-4H3/t14-,17-,18-,19-,22?,23?,24-,25-/m0/s1. The molecule has 32 heavy (non-hydrogen) atoms. The van der Waals surface area contributed by atoms with Crippen molar-refractivity contribution in [1.29, 1.82) is 0 Å². The van der Waals surface area contributed by atoms with E-state index in [-0.39, 0.29) is 42.1 Å². The van der Waals surface area contributed by atoms with Gasteiger partial charge in [0.1, 0.15) is 0 Å². The van der Waals surface area contributed by atoms with Crippen molar-refractivity contribution in [3.05, 3.63) is 23.8 Å². The molecule has 0 amide bonds. The number of carbonyl (C=O) groups excluding carboxylic acids is 3. The van der Waals surface area contributed by atoms with Gasteiger partial charge in [-0.05, 0) is 50.7 Å². The number of carbonyl (C=O) groups is 3. The van der Waals surface area contributed by atoms with Crippen molar-refractivity contribution in [3.8, 4) is 0 Å². The number of ketones is 2. The van der Waals surface area contributed by atoms with Gasteiger partial charge in [-0.1, -0.05) is 32.4 Å². The molecule has 0 aromatic rings. The van der Waals surface area contributed by atoms with Gasteiger partial charge in [0.05, 0.1) is 12.0 Å². The average molecular weight is 467 g/mol. The Morgan fingerprint density at radius 1 is 1.31 bits per heavy atom. The monoisotopic (exact) mass is 466 g/mol. The van der Waals surface area contributed by atoms with Crippen molar-refractivity contribution in [2.24, 2.45) is 28.6 Å². The summed E-state index contributed by atoms with van der Waals surface area (Å²) in [6, 6.07) is 0. The van der Waals surface area contributed by atoms with Crippen LogP contribution < -0.4 is 0 Å². The van der Waals surface area contributed by atoms with Crippen molar-refractivity contribution in [2.75, 3.05) is 5.88 Å². The second kappa shape index (κ2) is 7.49. The van der Waals surface area contributed by atoms with E-state index in [9.17, 15) is 19.5 Å². The van der Waals surface area contributed by atoms with Crippen LogP contribution in [-0.2, 0) is 19.1 Å². The Morgan fingerprint density at radius 3 is 2.62 bits per heavy atom. The summed E-state index contributed by atoms with van der Waals surface area (Å²) in [5.74, 6) is -2.57. The summed E-state index contributed by atoms with van der Waals surface area (Å²) in [6.45, 7) is 7.13. The molecule has 7 heteroatoms. The average Bonchev–Trinajstić information content (AvgIpc) is 2.96. The largest absolute Gasteiger partial charge is 0.450 e. The number of aliphatic hydroxyl groups is 1. The minimum Gasteiger partial charge on any atom is -0.450 e. The normalized spacial score (nSPS) is 47.2. The number of halogens is 2. The van der Waals surface area contributed by atoms with Gasteiger partial charge < -0.3 is 9.84 Å². The van der Waals surface area contributed by atoms with Gasteiger partial charge >= 0.3 is 5.97 Å². The van der Waals surface area contributed by atoms with E-state index in [2.05, 4.69) is 0 Å². The van der Waals surface area contributed by atoms with Crippen LogP contribution in [0.5, 0.6) is 0 Å². The number of allylic oxidation sites excluding steroid dienone is 4. The zero-order valence-electron chi connectivity index (χ0n) is 19.1. The second-order valence-corrected chi connectivity index (χ2v) is 10.8. The minimum absolute atomic E-state index is 0.0285. The summed E-state index contributed by atoms with van der Waals surface area (Å²) in [4.78, 5) is 37.7. The zero-order chi connectivity index (χ0) is 23.7. The van der Waals surface area contributed by atoms with Crippen molar-refractivity contribution in [1.82, 2.24) is 0 Å². The molecule has 0 aromatic carbocycles. The topological polar surface area (TPSA) is 80.7 Å². The van der Waals surface area contributed by atoms with Crippen LogP contribution in [0.25, 0.3) is 0 Å². The summed E-state index contributed by atoms with van der Waals surface area (Å²) in [5.41, 5.74) is -4.83. The first kappa shape index (κ1) is 23.6. The summed E-state index contributed by atoms with van der Waals surface area (Å²) in [5, 5.41) is 11.4. The van der Waals surface area contributed by atoms with Crippen LogP contribution in [0.4, 0.5) is 4.39 Å². The lowest BCUT2D eigenvalue weighted by atomic mass is 9.44. The number of aliphatic hydroxyl groups excluding tert-OH is 1. The maximum absolute atomic E-state index is 17.2. The molecular formula is C25H32ClFO5. The molecule has 176 valence electrons. The first-order valence-electron chi connectivity index (χ1n) is 11.5. The third-order valence-electron chi connectivity index (χ3n) is 9.28. The van der Waals surface area contributed by atoms with Gasteiger partial charge in [0.15, 0.2) is 22.8 Å². The highest BCUT2D eigenvalue weighted by molar-refractivity contribution is 6.29. The summed E-state index contributed by atoms with van der Waals surface area (Å²) >= 11 is 6.01. The first-order valence-corrected chi connectivity index (χ1v) is 12.1. The van der Waals surface area contributed by atoms with Crippen LogP contribution in [0.1, 0.15) is 59.8 Å². The number of Topliss-reactive ketones (excluding diaryl/α,β-unsaturated/α-hetero) is 1. The van der Waals surface area contributed by atoms with E-state index in [1.807, 2.05) is 13.8 Å². The molecule has 0 heterocycles. The Kier molecular flexibility index (Phi) is 5.53. The van der Waals surface area contributed by atoms with E-state index in [0.717, 1.165) is 0 Å². The maximum atomic E-state index is 17.2. The molecule has 5 nitrogen and oxygen atoms in total. The molecule has 4 aliphatic rings. The minimum atomic E-state index is -1.99. The van der Waals surface area contributed by atoms with Crippen LogP contribution in [0.15, 0.2) is 23.8 Å². The zero-order valence-corrected chi connectivity index (χ0v) is 19.9. The van der Waals surface area contributed by atoms with Crippen LogP contribution in [0.3, 0.4) is 0 Å². The Balaban J connectivity index is 1.85. The third-order valence-corrected chi connectivity index (χ3v) is 9.52. The Bertz CT molecular complexity index is 929. The van der Waals surface area contributed by atoms with E-state index in [1.54, 1.807) is 19.9 Å². The van der Waals surface area contributed by atoms with Gasteiger partial charge in [0, 0.05) is 29.1 Å². The highest BCUT2D eigenvalue weighted by Gasteiger charge is 2.77. The third kappa shape index (κ3) is 2.68. The van der Waals surface area contributed by atoms with E-state index in [1.165, 1.54) is 12.2 Å². The molecule has 8 atom stereocenters. The molecule has 0 spiro atoms. The van der Waals surface area contributed by atoms with E-state index in [4.69, 9.17) is 16.3 Å². The molecule has 0 aliphatic heterocycles. The molecule has 4 aliphatic carbocycles. The molecule has 0 radical (unpaired) electrons. The van der Waals surface area contributed by atoms with Crippen molar-refractivity contribution >= 4 is 29.1 Å². The number of ether oxygens (including phenoxy) is 1. The lowest BCUT2D eigenvalue weighted by Crippen LogP contribution is -2.70. The first-order chi connectivity index (χ1) is 14.9. The van der Waals surface area contributed by atoms with Gasteiger partial charge in [0.25, 0.3) is 0 Å². The van der Waals surface area contributed by atoms with E-state index < -0.39 is 40.1 Å². The van der Waals surface area contributed by atoms with E-state index >= 15 is 4.39 Å². The quantitative estimate of drug-likeness (QED) is 0.498. The fourth-order valence-electron chi connectivity index (χ4n) is 7.75. The number of esters is 1. The van der Waals surface area contributed by atoms with Crippen molar-refractivity contribution in [3.63, 3.8) is 0 Å². The molecule has 2 unspecified atom stereocenters. The smallest absolute Gasteiger partial charge is 0.306 e. The maximum Gasteiger partial charge on any atom is 0.306 e. The van der Waals surface area contributed by atoms with Crippen LogP contribution in [-0.4, -0.2) is 45.9 Å². The lowest BCUT2D eigenvalue weighted by molar-refractivity contribution is -0.227. The van der Waals surface area contributed by atoms with Crippen LogP contribution in [0, 0.1) is 28.6 Å². The van der Waals surface area contributed by atoms with Gasteiger partial charge in [-0.2, -0.15) is 0 Å². The second-order valence-electron chi connectivity index (χ2n) is 10.5. The summed E-state index contributed by atoms with van der Waals surface area (Å²) < 4.78 is 23.1. The summed E-state index contributed by atoms with van der Waals surface area (Å²) in [7, 11) is 0. The SMILES string of the molecule is CCC(=O)O[C@]1(C(=O)CCl)[C@@H](C)C[C@H]2[C@@H]3CCC4=CC(=O)C=CC4(C)[C@@]3(F)[C@@H](O)CC21C. The molecule has 3 fully saturated rings. The molecule has 0 bridgehead atoms. The number of fused-ring (bicyclic) bond motifs is 5. The summed E-state index contributed by atoms with van der Waals surface area (Å²) in [6.07, 6.45) is 4.67. The molecule has 3 saturated carbocycles. The van der Waals surface area contributed by atoms with Gasteiger partial charge in [-0.3, -0.25) is 14.4 Å². The Morgan fingerprint density at radius 2 is 2.00 bits per heavy atom. The van der Waals surface area contributed by atoms with Crippen LogP contribution in [0.2, 0.25) is 0 Å². The number of hydrogen-bond acceptors (Lipinski definition) is 5. The van der Waals surface area contributed by atoms with Gasteiger partial charge in [-0.15, -0.1) is 11.6 Å². The van der Waals surface area contributed by atoms with Gasteiger partial charge in [-0.25, -0.2) is 4.39 Å². The number of hydrogen-bond donors (Lipinski definition) is 1. The highest BCUT2D eigenvalue weighted by atomic mass is 35.5. The number of alkyl halides is 2. The molecule has 0 aromatic heterocycles. The molecule has 4 rings (SSSR count). The molecular weight excluding hydrogens is 435 g/mol. The van der Waals surface area contributed by atoms with E-state index in [0.29, 0.717) is 24.8 Å². The number of rotatable bonds is 4. The fourth-order valence-corrected chi connectivity index (χ4v) is 7.95. The van der Waals surface area contributed by atoms with Crippen molar-refractivity contribution in [2.45, 2.75) is 77.2 Å². The van der Waals surface area contributed by atoms with Crippen LogP contribution >= 0.6 is 11.6 Å². The predicted molar refractivity (Wildman–Crippen MR) is 118 cm³/mol. The van der Waals surface area contributed by atoms with Crippen molar-refractivity contribution < 1.29 is 28.6 Å². The molecule has 1 N–H and O–H groups in total. The fraction of sp³-hybridized carbons (Fsp3) is 0.720. The Labute approximate surface area is 193 Å². The Hall–Kier alpha value is -1.53.